The van der Waals surface area contributed by atoms with Crippen LogP contribution in [0.5, 0.6) is 0 Å². The van der Waals surface area contributed by atoms with E-state index in [9.17, 15) is 9.59 Å². The zero-order chi connectivity index (χ0) is 12.8. The van der Waals surface area contributed by atoms with Crippen LogP contribution in [0.2, 0.25) is 0 Å². The Labute approximate surface area is 106 Å². The Bertz CT molecular complexity index is 350. The summed E-state index contributed by atoms with van der Waals surface area (Å²) in [7, 11) is 0. The van der Waals surface area contributed by atoms with Crippen molar-refractivity contribution in [3.8, 4) is 0 Å². The van der Waals surface area contributed by atoms with Gasteiger partial charge in [-0.2, -0.15) is 5.10 Å². The van der Waals surface area contributed by atoms with Crippen molar-refractivity contribution in [2.45, 2.75) is 32.1 Å². The van der Waals surface area contributed by atoms with Gasteiger partial charge in [-0.3, -0.25) is 9.59 Å². The number of hydrazone groups is 1. The first-order valence-corrected chi connectivity index (χ1v) is 6.47. The molecule has 1 aliphatic carbocycles. The van der Waals surface area contributed by atoms with Crippen LogP contribution >= 0.6 is 0 Å². The van der Waals surface area contributed by atoms with Crippen LogP contribution in [-0.2, 0) is 14.3 Å². The first kappa shape index (κ1) is 13.0. The molecule has 0 atom stereocenters. The number of carbonyl (C=O) groups is 2. The van der Waals surface area contributed by atoms with Crippen LogP contribution in [0.1, 0.15) is 32.1 Å². The number of nitrogens with zero attached hydrogens (tertiary/aromatic N) is 1. The highest BCUT2D eigenvalue weighted by Gasteiger charge is 2.21. The molecule has 1 saturated carbocycles. The van der Waals surface area contributed by atoms with Gasteiger partial charge < -0.3 is 10.1 Å². The van der Waals surface area contributed by atoms with Crippen LogP contribution in [0.3, 0.4) is 0 Å². The Morgan fingerprint density at radius 1 is 1.44 bits per heavy atom. The first-order valence-electron chi connectivity index (χ1n) is 6.47. The van der Waals surface area contributed by atoms with Crippen LogP contribution in [0.4, 0.5) is 0 Å². The van der Waals surface area contributed by atoms with Gasteiger partial charge in [0.15, 0.2) is 0 Å². The van der Waals surface area contributed by atoms with Crippen molar-refractivity contribution >= 4 is 17.5 Å². The number of hydrogen-bond donors (Lipinski definition) is 2. The lowest BCUT2D eigenvalue weighted by molar-refractivity contribution is -0.121. The predicted molar refractivity (Wildman–Crippen MR) is 66.0 cm³/mol. The Hall–Kier alpha value is -1.43. The summed E-state index contributed by atoms with van der Waals surface area (Å²) in [6, 6.07) is 0. The second-order valence-corrected chi connectivity index (χ2v) is 4.72. The van der Waals surface area contributed by atoms with Crippen LogP contribution < -0.4 is 10.7 Å². The Morgan fingerprint density at radius 2 is 2.28 bits per heavy atom. The molecule has 2 amide bonds. The van der Waals surface area contributed by atoms with Gasteiger partial charge in [0.1, 0.15) is 5.71 Å². The van der Waals surface area contributed by atoms with Gasteiger partial charge in [0.25, 0.3) is 5.91 Å². The molecule has 0 aromatic heterocycles. The fraction of sp³-hybridized carbons (Fsp3) is 0.750. The molecule has 0 spiro atoms. The molecule has 6 heteroatoms. The number of hydrogen-bond acceptors (Lipinski definition) is 4. The normalized spacial score (nSPS) is 19.1. The standard InChI is InChI=1S/C12H19N3O3/c16-11-5-4-10(14-15-11)12(17)13-6-1-7-18-8-9-2-3-9/h9H,1-8H2,(H,13,17)(H,15,16). The van der Waals surface area contributed by atoms with E-state index in [0.717, 1.165) is 18.9 Å². The molecule has 0 aromatic rings. The fourth-order valence-electron chi connectivity index (χ4n) is 1.65. The highest BCUT2D eigenvalue weighted by molar-refractivity contribution is 6.39. The molecule has 0 radical (unpaired) electrons. The van der Waals surface area contributed by atoms with E-state index in [1.54, 1.807) is 0 Å². The Morgan fingerprint density at radius 3 is 2.94 bits per heavy atom. The van der Waals surface area contributed by atoms with Crippen LogP contribution in [-0.4, -0.2) is 37.3 Å². The van der Waals surface area contributed by atoms with Crippen molar-refractivity contribution < 1.29 is 14.3 Å². The lowest BCUT2D eigenvalue weighted by atomic mass is 10.1. The summed E-state index contributed by atoms with van der Waals surface area (Å²) in [6.07, 6.45) is 4.13. The van der Waals surface area contributed by atoms with Crippen molar-refractivity contribution in [3.05, 3.63) is 0 Å². The third-order valence-corrected chi connectivity index (χ3v) is 2.97. The molecular weight excluding hydrogens is 234 g/mol. The maximum atomic E-state index is 11.6. The smallest absolute Gasteiger partial charge is 0.267 e. The molecule has 1 aliphatic heterocycles. The number of carbonyl (C=O) groups excluding carboxylic acids is 2. The molecule has 18 heavy (non-hydrogen) atoms. The highest BCUT2D eigenvalue weighted by atomic mass is 16.5. The van der Waals surface area contributed by atoms with E-state index in [0.29, 0.717) is 31.7 Å². The Balaban J connectivity index is 1.52. The highest BCUT2D eigenvalue weighted by Crippen LogP contribution is 2.28. The lowest BCUT2D eigenvalue weighted by Crippen LogP contribution is -2.37. The third-order valence-electron chi connectivity index (χ3n) is 2.97. The molecule has 2 aliphatic rings. The number of ether oxygens (including phenoxy) is 1. The van der Waals surface area contributed by atoms with Crippen LogP contribution in [0.15, 0.2) is 5.10 Å². The summed E-state index contributed by atoms with van der Waals surface area (Å²) >= 11 is 0. The maximum Gasteiger partial charge on any atom is 0.267 e. The van der Waals surface area contributed by atoms with Crippen molar-refractivity contribution in [3.63, 3.8) is 0 Å². The molecule has 2 N–H and O–H groups in total. The van der Waals surface area contributed by atoms with Gasteiger partial charge in [-0.15, -0.1) is 0 Å². The average Bonchev–Trinajstić information content (AvgIpc) is 3.18. The van der Waals surface area contributed by atoms with E-state index < -0.39 is 0 Å². The second-order valence-electron chi connectivity index (χ2n) is 4.72. The van der Waals surface area contributed by atoms with E-state index in [1.807, 2.05) is 0 Å². The average molecular weight is 253 g/mol. The minimum atomic E-state index is -0.197. The molecule has 0 aromatic carbocycles. The molecule has 1 heterocycles. The molecule has 0 unspecified atom stereocenters. The summed E-state index contributed by atoms with van der Waals surface area (Å²) in [5, 5.41) is 6.50. The van der Waals surface area contributed by atoms with E-state index >= 15 is 0 Å². The van der Waals surface area contributed by atoms with Crippen molar-refractivity contribution in [1.29, 1.82) is 0 Å². The monoisotopic (exact) mass is 253 g/mol. The number of nitrogens with one attached hydrogen (secondary N) is 2. The van der Waals surface area contributed by atoms with Crippen LogP contribution in [0, 0.1) is 5.92 Å². The molecular formula is C12H19N3O3. The summed E-state index contributed by atoms with van der Waals surface area (Å²) < 4.78 is 5.46. The van der Waals surface area contributed by atoms with Crippen LogP contribution in [0.25, 0.3) is 0 Å². The molecule has 100 valence electrons. The molecule has 6 nitrogen and oxygen atoms in total. The summed E-state index contributed by atoms with van der Waals surface area (Å²) in [5.41, 5.74) is 2.70. The number of rotatable bonds is 7. The summed E-state index contributed by atoms with van der Waals surface area (Å²) in [5.74, 6) is 0.442. The molecule has 2 rings (SSSR count). The van der Waals surface area contributed by atoms with E-state index in [1.165, 1.54) is 12.8 Å². The predicted octanol–water partition coefficient (Wildman–Crippen LogP) is 0.185. The second kappa shape index (κ2) is 6.49. The van der Waals surface area contributed by atoms with Gasteiger partial charge in [-0.1, -0.05) is 0 Å². The first-order chi connectivity index (χ1) is 8.75. The Kier molecular flexibility index (Phi) is 4.69. The zero-order valence-corrected chi connectivity index (χ0v) is 10.4. The van der Waals surface area contributed by atoms with Gasteiger partial charge >= 0.3 is 0 Å². The minimum Gasteiger partial charge on any atom is -0.381 e. The SMILES string of the molecule is O=C1CCC(C(=O)NCCCOCC2CC2)=NN1. The van der Waals surface area contributed by atoms with Gasteiger partial charge in [0, 0.05) is 32.6 Å². The molecule has 0 bridgehead atoms. The lowest BCUT2D eigenvalue weighted by Gasteiger charge is -2.11. The maximum absolute atomic E-state index is 11.6. The topological polar surface area (TPSA) is 79.8 Å². The third kappa shape index (κ3) is 4.44. The van der Waals surface area contributed by atoms with Gasteiger partial charge in [-0.25, -0.2) is 5.43 Å². The van der Waals surface area contributed by atoms with E-state index in [2.05, 4.69) is 15.8 Å². The quantitative estimate of drug-likeness (QED) is 0.635. The minimum absolute atomic E-state index is 0.139. The zero-order valence-electron chi connectivity index (χ0n) is 10.4. The largest absolute Gasteiger partial charge is 0.381 e. The summed E-state index contributed by atoms with van der Waals surface area (Å²) in [6.45, 7) is 2.11. The van der Waals surface area contributed by atoms with Gasteiger partial charge in [0.2, 0.25) is 5.91 Å². The fourth-order valence-corrected chi connectivity index (χ4v) is 1.65. The van der Waals surface area contributed by atoms with Crippen molar-refractivity contribution in [2.75, 3.05) is 19.8 Å². The number of amides is 2. The van der Waals surface area contributed by atoms with E-state index in [4.69, 9.17) is 4.74 Å². The van der Waals surface area contributed by atoms with Gasteiger partial charge in [-0.05, 0) is 25.2 Å². The summed E-state index contributed by atoms with van der Waals surface area (Å²) in [4.78, 5) is 22.5. The molecule has 0 saturated heterocycles. The van der Waals surface area contributed by atoms with Crippen molar-refractivity contribution in [1.82, 2.24) is 10.7 Å². The van der Waals surface area contributed by atoms with Crippen molar-refractivity contribution in [2.24, 2.45) is 11.0 Å². The molecule has 1 fully saturated rings. The van der Waals surface area contributed by atoms with Gasteiger partial charge in [0.05, 0.1) is 0 Å². The van der Waals surface area contributed by atoms with E-state index in [-0.39, 0.29) is 11.8 Å².